The number of nitrogens with zero attached hydrogens (tertiary/aromatic N) is 2. The average molecular weight is 303 g/mol. The fraction of sp³-hybridized carbons (Fsp3) is 0.375. The van der Waals surface area contributed by atoms with E-state index >= 15 is 0 Å². The zero-order chi connectivity index (χ0) is 15.2. The molecule has 1 aromatic carbocycles. The quantitative estimate of drug-likeness (QED) is 0.835. The van der Waals surface area contributed by atoms with Gasteiger partial charge in [0.25, 0.3) is 0 Å². The van der Waals surface area contributed by atoms with Crippen molar-refractivity contribution in [1.82, 2.24) is 14.9 Å². The van der Waals surface area contributed by atoms with Crippen LogP contribution in [0.1, 0.15) is 25.3 Å². The van der Waals surface area contributed by atoms with Crippen molar-refractivity contribution in [3.63, 3.8) is 0 Å². The number of hydrogen-bond donors (Lipinski definition) is 1. The highest BCUT2D eigenvalue weighted by Gasteiger charge is 2.17. The van der Waals surface area contributed by atoms with E-state index in [1.54, 1.807) is 6.20 Å². The third-order valence-electron chi connectivity index (χ3n) is 3.38. The van der Waals surface area contributed by atoms with Crippen molar-refractivity contribution in [1.29, 1.82) is 0 Å². The fourth-order valence-corrected chi connectivity index (χ4v) is 2.83. The monoisotopic (exact) mass is 303 g/mol. The first kappa shape index (κ1) is 15.6. The number of hydrogen-bond acceptors (Lipinski definition) is 3. The molecule has 112 valence electrons. The van der Waals surface area contributed by atoms with Gasteiger partial charge in [0.1, 0.15) is 0 Å². The van der Waals surface area contributed by atoms with Crippen molar-refractivity contribution in [3.8, 4) is 0 Å². The summed E-state index contributed by atoms with van der Waals surface area (Å²) in [6.45, 7) is 4.67. The van der Waals surface area contributed by atoms with Crippen LogP contribution in [0, 0.1) is 0 Å². The summed E-state index contributed by atoms with van der Waals surface area (Å²) in [7, 11) is 1.93. The maximum atomic E-state index is 12.1. The number of aryl methyl sites for hydroxylation is 1. The van der Waals surface area contributed by atoms with E-state index in [0.717, 1.165) is 5.16 Å². The number of amides is 1. The number of carbonyl (C=O) groups excluding carboxylic acids is 1. The molecular formula is C16H21N3OS. The largest absolute Gasteiger partial charge is 0.355 e. The zero-order valence-electron chi connectivity index (χ0n) is 12.6. The van der Waals surface area contributed by atoms with Crippen LogP contribution < -0.4 is 5.32 Å². The zero-order valence-corrected chi connectivity index (χ0v) is 13.4. The molecule has 0 fully saturated rings. The molecule has 0 aliphatic carbocycles. The standard InChI is InChI=1S/C16H21N3OS/c1-12(14-7-5-4-6-8-14)11-18-15(20)13(2)21-16-17-9-10-19(16)3/h4-10,12-13H,11H2,1-3H3,(H,18,20)/t12-,13-/m0/s1. The molecule has 2 atom stereocenters. The number of nitrogens with one attached hydrogen (secondary N) is 1. The van der Waals surface area contributed by atoms with Gasteiger partial charge < -0.3 is 9.88 Å². The van der Waals surface area contributed by atoms with Crippen molar-refractivity contribution < 1.29 is 4.79 Å². The Labute approximate surface area is 130 Å². The van der Waals surface area contributed by atoms with E-state index in [0.29, 0.717) is 12.5 Å². The predicted octanol–water partition coefficient (Wildman–Crippen LogP) is 2.82. The lowest BCUT2D eigenvalue weighted by molar-refractivity contribution is -0.120. The molecule has 0 bridgehead atoms. The lowest BCUT2D eigenvalue weighted by atomic mass is 10.0. The number of aromatic nitrogens is 2. The Hall–Kier alpha value is -1.75. The van der Waals surface area contributed by atoms with E-state index in [-0.39, 0.29) is 11.2 Å². The summed E-state index contributed by atoms with van der Waals surface area (Å²) in [6.07, 6.45) is 3.62. The molecule has 0 aliphatic heterocycles. The third kappa shape index (κ3) is 4.36. The van der Waals surface area contributed by atoms with E-state index in [1.165, 1.54) is 17.3 Å². The molecule has 2 aromatic rings. The van der Waals surface area contributed by atoms with Gasteiger partial charge in [0.05, 0.1) is 5.25 Å². The molecule has 0 saturated carbocycles. The SMILES string of the molecule is C[C@H](Sc1nccn1C)C(=O)NC[C@H](C)c1ccccc1. The van der Waals surface area contributed by atoms with Crippen LogP contribution in [0.2, 0.25) is 0 Å². The first-order valence-corrected chi connectivity index (χ1v) is 7.92. The summed E-state index contributed by atoms with van der Waals surface area (Å²) in [5, 5.41) is 3.71. The molecule has 0 aliphatic rings. The van der Waals surface area contributed by atoms with E-state index in [9.17, 15) is 4.79 Å². The molecule has 0 radical (unpaired) electrons. The molecule has 0 spiro atoms. The second kappa shape index (κ2) is 7.31. The van der Waals surface area contributed by atoms with Gasteiger partial charge >= 0.3 is 0 Å². The van der Waals surface area contributed by atoms with Gasteiger partial charge in [0.15, 0.2) is 5.16 Å². The summed E-state index contributed by atoms with van der Waals surface area (Å²) in [5.41, 5.74) is 1.24. The normalized spacial score (nSPS) is 13.7. The molecule has 1 heterocycles. The maximum absolute atomic E-state index is 12.1. The number of benzene rings is 1. The summed E-state index contributed by atoms with van der Waals surface area (Å²) >= 11 is 1.47. The van der Waals surface area contributed by atoms with Gasteiger partial charge in [0.2, 0.25) is 5.91 Å². The van der Waals surface area contributed by atoms with Crippen molar-refractivity contribution >= 4 is 17.7 Å². The number of thioether (sulfide) groups is 1. The molecule has 1 amide bonds. The minimum absolute atomic E-state index is 0.0470. The lowest BCUT2D eigenvalue weighted by Gasteiger charge is -2.15. The van der Waals surface area contributed by atoms with Crippen LogP contribution >= 0.6 is 11.8 Å². The Kier molecular flexibility index (Phi) is 5.44. The highest BCUT2D eigenvalue weighted by molar-refractivity contribution is 8.00. The van der Waals surface area contributed by atoms with Gasteiger partial charge in [-0.15, -0.1) is 0 Å². The Bertz CT molecular complexity index is 582. The van der Waals surface area contributed by atoms with Crippen LogP contribution in [0.3, 0.4) is 0 Å². The van der Waals surface area contributed by atoms with Crippen molar-refractivity contribution in [2.45, 2.75) is 30.2 Å². The molecule has 2 rings (SSSR count). The molecule has 0 unspecified atom stereocenters. The van der Waals surface area contributed by atoms with E-state index in [1.807, 2.05) is 42.9 Å². The summed E-state index contributed by atoms with van der Waals surface area (Å²) in [5.74, 6) is 0.353. The smallest absolute Gasteiger partial charge is 0.233 e. The summed E-state index contributed by atoms with van der Waals surface area (Å²) < 4.78 is 1.92. The van der Waals surface area contributed by atoms with Crippen molar-refractivity contribution in [2.75, 3.05) is 6.54 Å². The molecule has 1 aromatic heterocycles. The van der Waals surface area contributed by atoms with Crippen LogP contribution in [0.5, 0.6) is 0 Å². The Balaban J connectivity index is 1.83. The Morgan fingerprint density at radius 3 is 2.67 bits per heavy atom. The second-order valence-electron chi connectivity index (χ2n) is 5.14. The number of carbonyl (C=O) groups is 1. The number of imidazole rings is 1. The van der Waals surface area contributed by atoms with Crippen LogP contribution in [0.4, 0.5) is 0 Å². The molecule has 21 heavy (non-hydrogen) atoms. The summed E-state index contributed by atoms with van der Waals surface area (Å²) in [6, 6.07) is 10.2. The van der Waals surface area contributed by atoms with Gasteiger partial charge in [0, 0.05) is 26.0 Å². The molecule has 4 nitrogen and oxygen atoms in total. The van der Waals surface area contributed by atoms with Crippen molar-refractivity contribution in [2.24, 2.45) is 7.05 Å². The van der Waals surface area contributed by atoms with Crippen molar-refractivity contribution in [3.05, 3.63) is 48.3 Å². The van der Waals surface area contributed by atoms with Gasteiger partial charge in [-0.05, 0) is 18.4 Å². The first-order chi connectivity index (χ1) is 10.1. The van der Waals surface area contributed by atoms with Gasteiger partial charge in [-0.1, -0.05) is 49.0 Å². The van der Waals surface area contributed by atoms with Crippen LogP contribution in [-0.2, 0) is 11.8 Å². The van der Waals surface area contributed by atoms with Gasteiger partial charge in [-0.2, -0.15) is 0 Å². The highest BCUT2D eigenvalue weighted by Crippen LogP contribution is 2.21. The second-order valence-corrected chi connectivity index (χ2v) is 6.45. The first-order valence-electron chi connectivity index (χ1n) is 7.04. The molecule has 1 N–H and O–H groups in total. The Morgan fingerprint density at radius 2 is 2.05 bits per heavy atom. The topological polar surface area (TPSA) is 46.9 Å². The molecule has 5 heteroatoms. The number of rotatable bonds is 6. The third-order valence-corrected chi connectivity index (χ3v) is 4.55. The lowest BCUT2D eigenvalue weighted by Crippen LogP contribution is -2.33. The maximum Gasteiger partial charge on any atom is 0.233 e. The van der Waals surface area contributed by atoms with Crippen LogP contribution in [0.15, 0.2) is 47.9 Å². The van der Waals surface area contributed by atoms with E-state index in [2.05, 4.69) is 29.4 Å². The minimum Gasteiger partial charge on any atom is -0.355 e. The van der Waals surface area contributed by atoms with Crippen LogP contribution in [-0.4, -0.2) is 27.3 Å². The predicted molar refractivity (Wildman–Crippen MR) is 86.4 cm³/mol. The average Bonchev–Trinajstić information content (AvgIpc) is 2.90. The van der Waals surface area contributed by atoms with Gasteiger partial charge in [-0.25, -0.2) is 4.98 Å². The fourth-order valence-electron chi connectivity index (χ4n) is 1.97. The molecular weight excluding hydrogens is 282 g/mol. The summed E-state index contributed by atoms with van der Waals surface area (Å²) in [4.78, 5) is 16.4. The molecule has 0 saturated heterocycles. The highest BCUT2D eigenvalue weighted by atomic mass is 32.2. The van der Waals surface area contributed by atoms with Gasteiger partial charge in [-0.3, -0.25) is 4.79 Å². The van der Waals surface area contributed by atoms with E-state index < -0.39 is 0 Å². The Morgan fingerprint density at radius 1 is 1.33 bits per heavy atom. The minimum atomic E-state index is -0.158. The van der Waals surface area contributed by atoms with Crippen LogP contribution in [0.25, 0.3) is 0 Å². The van der Waals surface area contributed by atoms with E-state index in [4.69, 9.17) is 0 Å².